The third-order valence-electron chi connectivity index (χ3n) is 5.00. The minimum absolute atomic E-state index is 0.0964. The number of hydrogen-bond donors (Lipinski definition) is 1. The van der Waals surface area contributed by atoms with Crippen molar-refractivity contribution in [2.24, 2.45) is 5.92 Å². The van der Waals surface area contributed by atoms with Crippen LogP contribution >= 0.6 is 11.3 Å². The van der Waals surface area contributed by atoms with E-state index in [1.165, 1.54) is 25.3 Å². The van der Waals surface area contributed by atoms with E-state index in [2.05, 4.69) is 10.2 Å². The molecule has 0 unspecified atom stereocenters. The lowest BCUT2D eigenvalue weighted by Crippen LogP contribution is -2.40. The first-order valence-corrected chi connectivity index (χ1v) is 10.1. The summed E-state index contributed by atoms with van der Waals surface area (Å²) in [6.07, 6.45) is 1.63. The molecule has 0 aliphatic carbocycles. The number of benzene rings is 2. The molecule has 3 aromatic rings. The van der Waals surface area contributed by atoms with Crippen LogP contribution in [0.3, 0.4) is 0 Å². The number of hydrogen-bond acceptors (Lipinski definition) is 7. The predicted molar refractivity (Wildman–Crippen MR) is 113 cm³/mol. The smallest absolute Gasteiger partial charge is 0.271 e. The van der Waals surface area contributed by atoms with E-state index in [0.29, 0.717) is 18.0 Å². The summed E-state index contributed by atoms with van der Waals surface area (Å²) in [6, 6.07) is 12.1. The third kappa shape index (κ3) is 4.00. The van der Waals surface area contributed by atoms with Gasteiger partial charge in [0.2, 0.25) is 5.91 Å². The van der Waals surface area contributed by atoms with Gasteiger partial charge in [0.25, 0.3) is 5.69 Å². The zero-order valence-corrected chi connectivity index (χ0v) is 16.6. The third-order valence-corrected chi connectivity index (χ3v) is 6.09. The van der Waals surface area contributed by atoms with Crippen LogP contribution in [0.5, 0.6) is 5.75 Å². The van der Waals surface area contributed by atoms with Gasteiger partial charge in [0, 0.05) is 25.2 Å². The highest BCUT2D eigenvalue weighted by Crippen LogP contribution is 2.33. The Morgan fingerprint density at radius 1 is 1.34 bits per heavy atom. The van der Waals surface area contributed by atoms with Gasteiger partial charge in [-0.25, -0.2) is 4.98 Å². The van der Waals surface area contributed by atoms with E-state index in [0.717, 1.165) is 34.7 Å². The topological polar surface area (TPSA) is 97.6 Å². The molecular formula is C20H20N4O4S. The SMILES string of the molecule is COc1ccc([N+](=O)[O-])cc1NC(=O)[C@@H]1CCCN(c2nc3ccccc3s2)C1. The van der Waals surface area contributed by atoms with E-state index in [4.69, 9.17) is 9.72 Å². The lowest BCUT2D eigenvalue weighted by molar-refractivity contribution is -0.384. The summed E-state index contributed by atoms with van der Waals surface area (Å²) in [5, 5.41) is 14.8. The van der Waals surface area contributed by atoms with Crippen molar-refractivity contribution in [1.82, 2.24) is 4.98 Å². The monoisotopic (exact) mass is 412 g/mol. The molecule has 150 valence electrons. The number of nitrogens with zero attached hydrogens (tertiary/aromatic N) is 3. The van der Waals surface area contributed by atoms with Crippen LogP contribution in [0.25, 0.3) is 10.2 Å². The molecule has 0 bridgehead atoms. The van der Waals surface area contributed by atoms with Crippen LogP contribution in [-0.2, 0) is 4.79 Å². The van der Waals surface area contributed by atoms with E-state index in [1.54, 1.807) is 11.3 Å². The highest BCUT2D eigenvalue weighted by Gasteiger charge is 2.28. The number of carbonyl (C=O) groups is 1. The standard InChI is InChI=1S/C20H20N4O4S/c1-28-17-9-8-14(24(26)27)11-16(17)21-19(25)13-5-4-10-23(12-13)20-22-15-6-2-3-7-18(15)29-20/h2-3,6-9,11,13H,4-5,10,12H2,1H3,(H,21,25)/t13-/m1/s1. The molecule has 1 saturated heterocycles. The van der Waals surface area contributed by atoms with Gasteiger partial charge in [0.05, 0.1) is 33.9 Å². The number of ether oxygens (including phenoxy) is 1. The van der Waals surface area contributed by atoms with E-state index in [9.17, 15) is 14.9 Å². The summed E-state index contributed by atoms with van der Waals surface area (Å²) in [4.78, 5) is 30.3. The number of nitro benzene ring substituents is 1. The second-order valence-electron chi connectivity index (χ2n) is 6.88. The molecule has 0 radical (unpaired) electrons. The molecule has 1 aliphatic rings. The van der Waals surface area contributed by atoms with Crippen LogP contribution in [0.2, 0.25) is 0 Å². The summed E-state index contributed by atoms with van der Waals surface area (Å²) < 4.78 is 6.36. The molecule has 2 heterocycles. The minimum Gasteiger partial charge on any atom is -0.495 e. The van der Waals surface area contributed by atoms with Crippen molar-refractivity contribution in [2.75, 3.05) is 30.4 Å². The summed E-state index contributed by atoms with van der Waals surface area (Å²) in [6.45, 7) is 1.41. The number of aromatic nitrogens is 1. The van der Waals surface area contributed by atoms with Gasteiger partial charge in [-0.2, -0.15) is 0 Å². The van der Waals surface area contributed by atoms with Gasteiger partial charge in [-0.1, -0.05) is 23.5 Å². The Balaban J connectivity index is 1.50. The van der Waals surface area contributed by atoms with Gasteiger partial charge in [-0.15, -0.1) is 0 Å². The van der Waals surface area contributed by atoms with Crippen molar-refractivity contribution in [3.8, 4) is 5.75 Å². The van der Waals surface area contributed by atoms with Crippen LogP contribution in [-0.4, -0.2) is 36.0 Å². The summed E-state index contributed by atoms with van der Waals surface area (Å²) in [5.41, 5.74) is 1.17. The number of methoxy groups -OCH3 is 1. The number of nitrogens with one attached hydrogen (secondary N) is 1. The van der Waals surface area contributed by atoms with E-state index in [1.807, 2.05) is 24.3 Å². The minimum atomic E-state index is -0.495. The van der Waals surface area contributed by atoms with Gasteiger partial charge in [0.15, 0.2) is 5.13 Å². The Bertz CT molecular complexity index is 1030. The zero-order chi connectivity index (χ0) is 20.4. The number of amides is 1. The van der Waals surface area contributed by atoms with E-state index < -0.39 is 4.92 Å². The first kappa shape index (κ1) is 19.1. The normalized spacial score (nSPS) is 16.6. The molecule has 0 saturated carbocycles. The van der Waals surface area contributed by atoms with Crippen molar-refractivity contribution in [1.29, 1.82) is 0 Å². The number of anilines is 2. The number of carbonyl (C=O) groups excluding carboxylic acids is 1. The Morgan fingerprint density at radius 3 is 2.93 bits per heavy atom. The fourth-order valence-corrected chi connectivity index (χ4v) is 4.50. The summed E-state index contributed by atoms with van der Waals surface area (Å²) >= 11 is 1.62. The van der Waals surface area contributed by atoms with Crippen LogP contribution in [0.15, 0.2) is 42.5 Å². The molecule has 4 rings (SSSR count). The van der Waals surface area contributed by atoms with Crippen molar-refractivity contribution in [2.45, 2.75) is 12.8 Å². The number of fused-ring (bicyclic) bond motifs is 1. The molecule has 2 aromatic carbocycles. The Labute approximate surface area is 171 Å². The van der Waals surface area contributed by atoms with Gasteiger partial charge < -0.3 is 15.0 Å². The number of thiazole rings is 1. The fraction of sp³-hybridized carbons (Fsp3) is 0.300. The van der Waals surface area contributed by atoms with Gasteiger partial charge in [-0.3, -0.25) is 14.9 Å². The second-order valence-corrected chi connectivity index (χ2v) is 7.89. The van der Waals surface area contributed by atoms with E-state index in [-0.39, 0.29) is 17.5 Å². The predicted octanol–water partition coefficient (Wildman–Crippen LogP) is 4.07. The first-order valence-electron chi connectivity index (χ1n) is 9.29. The number of rotatable bonds is 5. The van der Waals surface area contributed by atoms with Crippen molar-refractivity contribution in [3.05, 3.63) is 52.6 Å². The lowest BCUT2D eigenvalue weighted by Gasteiger charge is -2.31. The first-order chi connectivity index (χ1) is 14.0. The highest BCUT2D eigenvalue weighted by atomic mass is 32.1. The molecule has 1 aliphatic heterocycles. The maximum atomic E-state index is 12.9. The van der Waals surface area contributed by atoms with E-state index >= 15 is 0 Å². The lowest BCUT2D eigenvalue weighted by atomic mass is 9.97. The molecule has 1 amide bonds. The average molecular weight is 412 g/mol. The quantitative estimate of drug-likeness (QED) is 0.501. The molecule has 1 N–H and O–H groups in total. The maximum absolute atomic E-state index is 12.9. The Kier molecular flexibility index (Phi) is 5.30. The maximum Gasteiger partial charge on any atom is 0.271 e. The molecule has 1 atom stereocenters. The van der Waals surface area contributed by atoms with Gasteiger partial charge in [0.1, 0.15) is 5.75 Å². The molecule has 1 fully saturated rings. The van der Waals surface area contributed by atoms with Gasteiger partial charge >= 0.3 is 0 Å². The number of nitro groups is 1. The molecule has 29 heavy (non-hydrogen) atoms. The second kappa shape index (κ2) is 8.04. The molecule has 0 spiro atoms. The Morgan fingerprint density at radius 2 is 2.17 bits per heavy atom. The zero-order valence-electron chi connectivity index (χ0n) is 15.8. The number of non-ortho nitro benzene ring substituents is 1. The van der Waals surface area contributed by atoms with Crippen molar-refractivity contribution >= 4 is 44.0 Å². The van der Waals surface area contributed by atoms with Crippen LogP contribution < -0.4 is 15.0 Å². The molecular weight excluding hydrogens is 392 g/mol. The largest absolute Gasteiger partial charge is 0.495 e. The van der Waals surface area contributed by atoms with Crippen LogP contribution in [0.1, 0.15) is 12.8 Å². The Hall–Kier alpha value is -3.20. The number of para-hydroxylation sites is 1. The summed E-state index contributed by atoms with van der Waals surface area (Å²) in [7, 11) is 1.46. The number of piperidine rings is 1. The van der Waals surface area contributed by atoms with Crippen molar-refractivity contribution in [3.63, 3.8) is 0 Å². The molecule has 8 nitrogen and oxygen atoms in total. The summed E-state index contributed by atoms with van der Waals surface area (Å²) in [5.74, 6) is -0.0165. The van der Waals surface area contributed by atoms with Crippen LogP contribution in [0.4, 0.5) is 16.5 Å². The molecule has 9 heteroatoms. The average Bonchev–Trinajstić information content (AvgIpc) is 3.18. The van der Waals surface area contributed by atoms with Crippen molar-refractivity contribution < 1.29 is 14.5 Å². The molecule has 1 aromatic heterocycles. The fourth-order valence-electron chi connectivity index (χ4n) is 3.50. The van der Waals surface area contributed by atoms with Crippen LogP contribution in [0, 0.1) is 16.0 Å². The highest BCUT2D eigenvalue weighted by molar-refractivity contribution is 7.22. The van der Waals surface area contributed by atoms with Gasteiger partial charge in [-0.05, 0) is 31.0 Å².